The third-order valence-corrected chi connectivity index (χ3v) is 2.43. The number of aryl methyl sites for hydroxylation is 1. The van der Waals surface area contributed by atoms with Crippen LogP contribution in [0.15, 0.2) is 41.7 Å². The second-order valence-electron chi connectivity index (χ2n) is 3.46. The Hall–Kier alpha value is -1.61. The molecule has 0 bridgehead atoms. The molecule has 4 heteroatoms. The third-order valence-electron chi connectivity index (χ3n) is 2.43. The highest BCUT2D eigenvalue weighted by atomic mass is 35.5. The molecule has 1 N–H and O–H groups in total. The van der Waals surface area contributed by atoms with Gasteiger partial charge in [-0.2, -0.15) is 4.57 Å². The molecule has 0 spiro atoms. The lowest BCUT2D eigenvalue weighted by molar-refractivity contribution is -0.363. The van der Waals surface area contributed by atoms with Gasteiger partial charge in [-0.1, -0.05) is 24.8 Å². The summed E-state index contributed by atoms with van der Waals surface area (Å²) in [4.78, 5) is 15.2. The van der Waals surface area contributed by atoms with E-state index in [1.54, 1.807) is 10.6 Å². The first kappa shape index (κ1) is 12.5. The number of aromatic nitrogens is 2. The van der Waals surface area contributed by atoms with E-state index < -0.39 is 0 Å². The minimum Gasteiger partial charge on any atom is -1.00 e. The second kappa shape index (κ2) is 4.94. The number of nitrogens with zero attached hydrogens (tertiary/aromatic N) is 1. The van der Waals surface area contributed by atoms with E-state index in [1.165, 1.54) is 0 Å². The van der Waals surface area contributed by atoms with Gasteiger partial charge < -0.3 is 12.4 Å². The monoisotopic (exact) mass is 236 g/mol. The Kier molecular flexibility index (Phi) is 3.85. The maximum absolute atomic E-state index is 12.0. The lowest BCUT2D eigenvalue weighted by Crippen LogP contribution is -3.00. The zero-order valence-electron chi connectivity index (χ0n) is 9.03. The number of hydrogen-bond acceptors (Lipinski definition) is 1. The summed E-state index contributed by atoms with van der Waals surface area (Å²) in [5, 5.41) is 0.713. The van der Waals surface area contributed by atoms with Gasteiger partial charge in [-0.3, -0.25) is 0 Å². The van der Waals surface area contributed by atoms with Crippen molar-refractivity contribution in [3.8, 4) is 0 Å². The van der Waals surface area contributed by atoms with Crippen molar-refractivity contribution in [2.24, 2.45) is 0 Å². The van der Waals surface area contributed by atoms with Crippen molar-refractivity contribution < 1.29 is 17.4 Å². The summed E-state index contributed by atoms with van der Waals surface area (Å²) >= 11 is 0. The first-order valence-corrected chi connectivity index (χ1v) is 4.86. The standard InChI is InChI=1S/C12H12N2O.ClH/c1-3-8-14-9(2)13-11-7-5-4-6-10(11)12(14)15;/h3-7H,1,8H2,2H3;1H. The molecular weight excluding hydrogens is 224 g/mol. The molecular formula is C12H13ClN2O. The topological polar surface area (TPSA) is 36.1 Å². The summed E-state index contributed by atoms with van der Waals surface area (Å²) in [6, 6.07) is 7.51. The lowest BCUT2D eigenvalue weighted by atomic mass is 10.2. The molecule has 3 nitrogen and oxygen atoms in total. The number of nitrogens with one attached hydrogen (secondary N) is 1. The molecule has 0 saturated carbocycles. The second-order valence-corrected chi connectivity index (χ2v) is 3.46. The molecule has 16 heavy (non-hydrogen) atoms. The minimum atomic E-state index is 0. The summed E-state index contributed by atoms with van der Waals surface area (Å²) in [5.74, 6) is 0.846. The molecule has 0 atom stereocenters. The molecule has 0 aliphatic carbocycles. The normalized spacial score (nSPS) is 9.81. The van der Waals surface area contributed by atoms with Gasteiger partial charge in [-0.05, 0) is 12.1 Å². The van der Waals surface area contributed by atoms with E-state index in [0.29, 0.717) is 11.9 Å². The summed E-state index contributed by atoms with van der Waals surface area (Å²) in [6.07, 6.45) is 1.72. The van der Waals surface area contributed by atoms with Crippen LogP contribution in [0.5, 0.6) is 0 Å². The number of aromatic amines is 1. The van der Waals surface area contributed by atoms with Crippen molar-refractivity contribution in [1.29, 1.82) is 0 Å². The number of hydrogen-bond donors (Lipinski definition) is 0. The van der Waals surface area contributed by atoms with Crippen LogP contribution in [-0.2, 0) is 6.54 Å². The molecule has 2 rings (SSSR count). The molecule has 1 aromatic carbocycles. The average Bonchev–Trinajstić information content (AvgIpc) is 2.24. The van der Waals surface area contributed by atoms with Crippen LogP contribution in [0.2, 0.25) is 0 Å². The van der Waals surface area contributed by atoms with E-state index in [4.69, 9.17) is 0 Å². The molecule has 0 amide bonds. The summed E-state index contributed by atoms with van der Waals surface area (Å²) in [7, 11) is 0. The van der Waals surface area contributed by atoms with Crippen molar-refractivity contribution in [1.82, 2.24) is 4.57 Å². The van der Waals surface area contributed by atoms with E-state index in [9.17, 15) is 4.79 Å². The summed E-state index contributed by atoms with van der Waals surface area (Å²) < 4.78 is 1.68. The van der Waals surface area contributed by atoms with E-state index in [-0.39, 0.29) is 18.0 Å². The summed E-state index contributed by atoms with van der Waals surface area (Å²) in [5.41, 5.74) is 0.905. The van der Waals surface area contributed by atoms with Crippen molar-refractivity contribution in [2.75, 3.05) is 0 Å². The first-order valence-electron chi connectivity index (χ1n) is 4.86. The number of rotatable bonds is 2. The quantitative estimate of drug-likeness (QED) is 0.574. The van der Waals surface area contributed by atoms with E-state index in [0.717, 1.165) is 11.3 Å². The first-order chi connectivity index (χ1) is 7.24. The maximum Gasteiger partial charge on any atom is 0.345 e. The van der Waals surface area contributed by atoms with Gasteiger partial charge in [0, 0.05) is 6.92 Å². The average molecular weight is 237 g/mol. The van der Waals surface area contributed by atoms with E-state index >= 15 is 0 Å². The maximum atomic E-state index is 12.0. The van der Waals surface area contributed by atoms with Crippen molar-refractivity contribution in [3.05, 3.63) is 53.1 Å². The molecule has 0 radical (unpaired) electrons. The Morgan fingerprint density at radius 1 is 1.44 bits per heavy atom. The Morgan fingerprint density at radius 3 is 2.81 bits per heavy atom. The number of benzene rings is 1. The molecule has 2 aromatic rings. The van der Waals surface area contributed by atoms with Crippen LogP contribution in [0.4, 0.5) is 0 Å². The molecule has 1 heterocycles. The third kappa shape index (κ3) is 1.99. The highest BCUT2D eigenvalue weighted by Crippen LogP contribution is 2.03. The zero-order chi connectivity index (χ0) is 10.8. The van der Waals surface area contributed by atoms with Gasteiger partial charge in [0.05, 0.1) is 0 Å². The van der Waals surface area contributed by atoms with Gasteiger partial charge in [0.1, 0.15) is 17.4 Å². The highest BCUT2D eigenvalue weighted by Gasteiger charge is 2.12. The van der Waals surface area contributed by atoms with Gasteiger partial charge in [0.2, 0.25) is 0 Å². The van der Waals surface area contributed by atoms with Crippen LogP contribution >= 0.6 is 0 Å². The highest BCUT2D eigenvalue weighted by molar-refractivity contribution is 5.73. The lowest BCUT2D eigenvalue weighted by Gasteiger charge is -2.00. The van der Waals surface area contributed by atoms with Crippen molar-refractivity contribution in [3.63, 3.8) is 0 Å². The van der Waals surface area contributed by atoms with Crippen molar-refractivity contribution >= 4 is 10.9 Å². The van der Waals surface area contributed by atoms with Crippen LogP contribution in [0.3, 0.4) is 0 Å². The fourth-order valence-electron chi connectivity index (χ4n) is 1.69. The van der Waals surface area contributed by atoms with Crippen LogP contribution in [0, 0.1) is 6.92 Å². The molecule has 84 valence electrons. The van der Waals surface area contributed by atoms with Gasteiger partial charge in [0.25, 0.3) is 5.82 Å². The van der Waals surface area contributed by atoms with Crippen molar-refractivity contribution in [2.45, 2.75) is 13.5 Å². The van der Waals surface area contributed by atoms with Crippen LogP contribution in [-0.4, -0.2) is 4.57 Å². The SMILES string of the molecule is C=CCn1c(C)[nH+]c2ccccc2c1=O.[Cl-]. The zero-order valence-corrected chi connectivity index (χ0v) is 9.79. The summed E-state index contributed by atoms with van der Waals surface area (Å²) in [6.45, 7) is 6.06. The van der Waals surface area contributed by atoms with Gasteiger partial charge in [-0.25, -0.2) is 9.78 Å². The predicted molar refractivity (Wildman–Crippen MR) is 59.7 cm³/mol. The van der Waals surface area contributed by atoms with E-state index in [1.807, 2.05) is 31.2 Å². The molecule has 0 saturated heterocycles. The fourth-order valence-corrected chi connectivity index (χ4v) is 1.69. The fraction of sp³-hybridized carbons (Fsp3) is 0.167. The number of para-hydroxylation sites is 1. The van der Waals surface area contributed by atoms with Gasteiger partial charge >= 0.3 is 5.56 Å². The van der Waals surface area contributed by atoms with Crippen LogP contribution in [0.1, 0.15) is 5.82 Å². The largest absolute Gasteiger partial charge is 1.00 e. The number of halogens is 1. The predicted octanol–water partition coefficient (Wildman–Crippen LogP) is -1.69. The molecule has 0 aliphatic heterocycles. The molecule has 1 aromatic heterocycles. The Morgan fingerprint density at radius 2 is 2.12 bits per heavy atom. The minimum absolute atomic E-state index is 0. The molecule has 0 unspecified atom stereocenters. The Balaban J connectivity index is 0.00000128. The number of fused-ring (bicyclic) bond motifs is 1. The Labute approximate surface area is 99.8 Å². The molecule has 0 aliphatic rings. The van der Waals surface area contributed by atoms with E-state index in [2.05, 4.69) is 11.6 Å². The van der Waals surface area contributed by atoms with Crippen LogP contribution < -0.4 is 23.0 Å². The smallest absolute Gasteiger partial charge is 0.345 e. The van der Waals surface area contributed by atoms with Gasteiger partial charge in [0.15, 0.2) is 0 Å². The molecule has 0 fully saturated rings. The Bertz CT molecular complexity index is 575. The number of H-pyrrole nitrogens is 1. The van der Waals surface area contributed by atoms with Crippen LogP contribution in [0.25, 0.3) is 10.9 Å². The number of allylic oxidation sites excluding steroid dienone is 1. The van der Waals surface area contributed by atoms with Gasteiger partial charge in [-0.15, -0.1) is 0 Å².